The van der Waals surface area contributed by atoms with Gasteiger partial charge in [-0.15, -0.1) is 0 Å². The van der Waals surface area contributed by atoms with Crippen LogP contribution in [-0.2, 0) is 9.53 Å². The normalized spacial score (nSPS) is 18.7. The summed E-state index contributed by atoms with van der Waals surface area (Å²) in [6.07, 6.45) is 3.07. The summed E-state index contributed by atoms with van der Waals surface area (Å²) in [5, 5.41) is 14.9. The fourth-order valence-corrected chi connectivity index (χ4v) is 9.58. The zero-order chi connectivity index (χ0) is 30.9. The van der Waals surface area contributed by atoms with E-state index in [9.17, 15) is 19.2 Å². The summed E-state index contributed by atoms with van der Waals surface area (Å²) in [5.41, 5.74) is 0.852. The number of thioether (sulfide) groups is 1. The van der Waals surface area contributed by atoms with Gasteiger partial charge in [-0.2, -0.15) is 11.8 Å². The van der Waals surface area contributed by atoms with E-state index in [2.05, 4.69) is 21.3 Å². The molecule has 11 heteroatoms. The van der Waals surface area contributed by atoms with E-state index >= 15 is 0 Å². The summed E-state index contributed by atoms with van der Waals surface area (Å²) in [6, 6.07) is 25.3. The lowest BCUT2D eigenvalue weighted by molar-refractivity contribution is -0.121. The van der Waals surface area contributed by atoms with E-state index in [1.54, 1.807) is 18.2 Å². The third-order valence-electron chi connectivity index (χ3n) is 7.75. The molecule has 3 atom stereocenters. The number of benzene rings is 3. The molecule has 5 rings (SSSR count). The minimum atomic E-state index is -1.15. The van der Waals surface area contributed by atoms with E-state index in [4.69, 9.17) is 4.74 Å². The van der Waals surface area contributed by atoms with E-state index < -0.39 is 13.9 Å². The third kappa shape index (κ3) is 7.79. The molecule has 3 aromatic rings. The van der Waals surface area contributed by atoms with Gasteiger partial charge in [-0.25, -0.2) is 9.59 Å². The Kier molecular flexibility index (Phi) is 10.9. The molecule has 3 unspecified atom stereocenters. The molecule has 230 valence electrons. The van der Waals surface area contributed by atoms with Gasteiger partial charge < -0.3 is 26.0 Å². The van der Waals surface area contributed by atoms with Crippen LogP contribution in [0.15, 0.2) is 78.9 Å². The maximum atomic E-state index is 13.2. The quantitative estimate of drug-likeness (QED) is 0.0995. The van der Waals surface area contributed by atoms with Crippen LogP contribution in [0.4, 0.5) is 4.79 Å². The number of methoxy groups -OCH3 is 1. The van der Waals surface area contributed by atoms with Crippen molar-refractivity contribution in [2.24, 2.45) is 0 Å². The van der Waals surface area contributed by atoms with Crippen molar-refractivity contribution < 1.29 is 23.9 Å². The second kappa shape index (κ2) is 15.2. The lowest BCUT2D eigenvalue weighted by Gasteiger charge is -2.22. The monoisotopic (exact) mass is 632 g/mol. The number of unbranched alkanes of at least 4 members (excludes halogenated alkanes) is 1. The Labute approximate surface area is 263 Å². The second-order valence-electron chi connectivity index (χ2n) is 10.7. The van der Waals surface area contributed by atoms with Gasteiger partial charge >= 0.3 is 12.0 Å². The van der Waals surface area contributed by atoms with E-state index in [1.807, 2.05) is 72.4 Å². The molecule has 0 aliphatic carbocycles. The molecule has 2 heterocycles. The fraction of sp³-hybridized carbons (Fsp3) is 0.333. The maximum absolute atomic E-state index is 13.2. The lowest BCUT2D eigenvalue weighted by atomic mass is 10.0. The zero-order valence-electron chi connectivity index (χ0n) is 24.6. The number of fused-ring (bicyclic) bond motifs is 1. The molecule has 2 aliphatic heterocycles. The van der Waals surface area contributed by atoms with Crippen LogP contribution in [0.1, 0.15) is 46.4 Å². The van der Waals surface area contributed by atoms with Crippen LogP contribution in [0.2, 0.25) is 0 Å². The minimum Gasteiger partial charge on any atom is -0.465 e. The van der Waals surface area contributed by atoms with Crippen molar-refractivity contribution in [2.75, 3.05) is 26.0 Å². The maximum Gasteiger partial charge on any atom is 0.338 e. The molecule has 4 N–H and O–H groups in total. The highest BCUT2D eigenvalue weighted by Gasteiger charge is 2.42. The number of esters is 1. The Morgan fingerprint density at radius 1 is 0.909 bits per heavy atom. The van der Waals surface area contributed by atoms with Crippen LogP contribution in [-0.4, -0.2) is 67.1 Å². The summed E-state index contributed by atoms with van der Waals surface area (Å²) in [5.74, 6) is 0.142. The van der Waals surface area contributed by atoms with Crippen LogP contribution >= 0.6 is 19.7 Å². The second-order valence-corrected chi connectivity index (χ2v) is 14.2. The number of carbonyl (C=O) groups is 4. The number of ether oxygens (including phenoxy) is 1. The Morgan fingerprint density at radius 3 is 2.27 bits per heavy atom. The molecule has 0 radical (unpaired) electrons. The third-order valence-corrected chi connectivity index (χ3v) is 11.7. The zero-order valence-corrected chi connectivity index (χ0v) is 26.3. The number of amides is 4. The molecule has 9 nitrogen and oxygen atoms in total. The molecule has 0 spiro atoms. The Hall–Kier alpha value is -3.88. The Morgan fingerprint density at radius 2 is 1.59 bits per heavy atom. The SMILES string of the molecule is COC(=O)c1ccc(C(=O)NCCNC(=O)CCCCC2SCC3NC(=O)NC32)cc1P(c1ccccc1)c1ccccc1. The molecule has 0 aromatic heterocycles. The van der Waals surface area contributed by atoms with Crippen LogP contribution in [0.3, 0.4) is 0 Å². The summed E-state index contributed by atoms with van der Waals surface area (Å²) in [7, 11) is 0.206. The van der Waals surface area contributed by atoms with E-state index in [0.717, 1.165) is 40.9 Å². The lowest BCUT2D eigenvalue weighted by Crippen LogP contribution is -2.36. The predicted molar refractivity (Wildman–Crippen MR) is 176 cm³/mol. The molecule has 2 aliphatic rings. The van der Waals surface area contributed by atoms with Crippen LogP contribution in [0, 0.1) is 0 Å². The number of carbonyl (C=O) groups excluding carboxylic acids is 4. The molecule has 3 aromatic carbocycles. The summed E-state index contributed by atoms with van der Waals surface area (Å²) in [6.45, 7) is 0.595. The van der Waals surface area contributed by atoms with E-state index in [0.29, 0.717) is 29.3 Å². The van der Waals surface area contributed by atoms with Gasteiger partial charge in [0.2, 0.25) is 5.91 Å². The van der Waals surface area contributed by atoms with Crippen molar-refractivity contribution in [3.05, 3.63) is 90.0 Å². The van der Waals surface area contributed by atoms with E-state index in [-0.39, 0.29) is 36.5 Å². The topological polar surface area (TPSA) is 126 Å². The predicted octanol–water partition coefficient (Wildman–Crippen LogP) is 2.80. The van der Waals surface area contributed by atoms with Gasteiger partial charge in [0.05, 0.1) is 24.8 Å². The molecular formula is C33H37N4O5PS. The highest BCUT2D eigenvalue weighted by Crippen LogP contribution is 2.35. The van der Waals surface area contributed by atoms with Crippen molar-refractivity contribution in [1.29, 1.82) is 0 Å². The van der Waals surface area contributed by atoms with E-state index in [1.165, 1.54) is 7.11 Å². The first-order valence-corrected chi connectivity index (χ1v) is 17.2. The highest BCUT2D eigenvalue weighted by atomic mass is 32.2. The Balaban J connectivity index is 1.15. The number of nitrogens with one attached hydrogen (secondary N) is 4. The van der Waals surface area contributed by atoms with Crippen molar-refractivity contribution in [3.8, 4) is 0 Å². The number of hydrogen-bond donors (Lipinski definition) is 4. The van der Waals surface area contributed by atoms with Gasteiger partial charge in [-0.1, -0.05) is 67.1 Å². The Bertz CT molecular complexity index is 1440. The molecule has 44 heavy (non-hydrogen) atoms. The standard InChI is InChI=1S/C33H37N4O5PS/c1-42-32(40)25-17-16-22(20-27(25)43(23-10-4-2-5-11-23)24-12-6-3-7-13-24)31(39)35-19-18-34-29(38)15-9-8-14-28-30-26(21-44-28)36-33(41)37-30/h2-7,10-13,16-17,20,26,28,30H,8-9,14-15,18-19,21H2,1H3,(H,34,38)(H,35,39)(H2,36,37,41). The number of urea groups is 1. The summed E-state index contributed by atoms with van der Waals surface area (Å²) < 4.78 is 5.09. The molecule has 4 amide bonds. The average Bonchev–Trinajstić information content (AvgIpc) is 3.61. The van der Waals surface area contributed by atoms with Gasteiger partial charge in [-0.3, -0.25) is 9.59 Å². The summed E-state index contributed by atoms with van der Waals surface area (Å²) >= 11 is 1.88. The largest absolute Gasteiger partial charge is 0.465 e. The number of rotatable bonds is 13. The first-order valence-electron chi connectivity index (χ1n) is 14.8. The first-order chi connectivity index (χ1) is 21.4. The van der Waals surface area contributed by atoms with Gasteiger partial charge in [0.15, 0.2) is 0 Å². The molecule has 2 saturated heterocycles. The molecular weight excluding hydrogens is 595 g/mol. The van der Waals surface area contributed by atoms with Crippen LogP contribution in [0.5, 0.6) is 0 Å². The van der Waals surface area contributed by atoms with Gasteiger partial charge in [0, 0.05) is 41.4 Å². The number of hydrogen-bond acceptors (Lipinski definition) is 6. The van der Waals surface area contributed by atoms with Crippen molar-refractivity contribution in [3.63, 3.8) is 0 Å². The van der Waals surface area contributed by atoms with Crippen molar-refractivity contribution in [1.82, 2.24) is 21.3 Å². The van der Waals surface area contributed by atoms with Gasteiger partial charge in [0.1, 0.15) is 0 Å². The van der Waals surface area contributed by atoms with Crippen molar-refractivity contribution >= 4 is 59.4 Å². The minimum absolute atomic E-state index is 0.0480. The fourth-order valence-electron chi connectivity index (χ4n) is 5.56. The smallest absolute Gasteiger partial charge is 0.338 e. The van der Waals surface area contributed by atoms with Gasteiger partial charge in [-0.05, 0) is 49.6 Å². The van der Waals surface area contributed by atoms with Crippen LogP contribution < -0.4 is 37.2 Å². The highest BCUT2D eigenvalue weighted by molar-refractivity contribution is 8.00. The first kappa shape index (κ1) is 31.5. The van der Waals surface area contributed by atoms with Crippen LogP contribution in [0.25, 0.3) is 0 Å². The van der Waals surface area contributed by atoms with Gasteiger partial charge in [0.25, 0.3) is 5.91 Å². The molecule has 0 saturated carbocycles. The van der Waals surface area contributed by atoms with Crippen molar-refractivity contribution in [2.45, 2.75) is 43.0 Å². The molecule has 2 fully saturated rings. The average molecular weight is 633 g/mol. The summed E-state index contributed by atoms with van der Waals surface area (Å²) in [4.78, 5) is 49.9. The molecule has 0 bridgehead atoms.